The van der Waals surface area contributed by atoms with Crippen molar-refractivity contribution < 1.29 is 14.3 Å². The lowest BCUT2D eigenvalue weighted by molar-refractivity contribution is -0.145. The van der Waals surface area contributed by atoms with Gasteiger partial charge in [-0.1, -0.05) is 84.4 Å². The smallest absolute Gasteiger partial charge is 0.323 e. The van der Waals surface area contributed by atoms with E-state index in [9.17, 15) is 9.59 Å². The van der Waals surface area contributed by atoms with Gasteiger partial charge in [0.05, 0.1) is 7.11 Å². The van der Waals surface area contributed by atoms with Gasteiger partial charge in [-0.05, 0) is 42.2 Å². The highest BCUT2D eigenvalue weighted by Crippen LogP contribution is 2.23. The summed E-state index contributed by atoms with van der Waals surface area (Å²) in [5.74, 6) is -0.400. The number of rotatable bonds is 7. The number of methoxy groups -OCH3 is 1. The number of hydrogen-bond donors (Lipinski definition) is 1. The van der Waals surface area contributed by atoms with Gasteiger partial charge in [-0.2, -0.15) is 0 Å². The van der Waals surface area contributed by atoms with E-state index in [0.717, 1.165) is 22.3 Å². The molecule has 1 heterocycles. The lowest BCUT2D eigenvalue weighted by Gasteiger charge is -2.22. The summed E-state index contributed by atoms with van der Waals surface area (Å²) in [5, 5.41) is 3.11. The van der Waals surface area contributed by atoms with Crippen molar-refractivity contribution in [2.75, 3.05) is 20.2 Å². The predicted octanol–water partition coefficient (Wildman–Crippen LogP) is 4.80. The van der Waals surface area contributed by atoms with Crippen molar-refractivity contribution in [1.82, 2.24) is 10.2 Å². The zero-order valence-corrected chi connectivity index (χ0v) is 19.6. The molecule has 0 saturated carbocycles. The summed E-state index contributed by atoms with van der Waals surface area (Å²) in [6.45, 7) is 3.28. The van der Waals surface area contributed by atoms with Crippen LogP contribution in [0.25, 0.3) is 17.2 Å². The van der Waals surface area contributed by atoms with Crippen molar-refractivity contribution in [3.63, 3.8) is 0 Å². The fourth-order valence-electron chi connectivity index (χ4n) is 4.48. The molecule has 1 saturated heterocycles. The first-order chi connectivity index (χ1) is 16.5. The molecular formula is C29H30N2O3. The third kappa shape index (κ3) is 5.80. The molecule has 1 aliphatic rings. The molecule has 1 amide bonds. The first kappa shape index (κ1) is 23.5. The summed E-state index contributed by atoms with van der Waals surface area (Å²) in [7, 11) is 1.41. The minimum Gasteiger partial charge on any atom is -0.468 e. The summed E-state index contributed by atoms with van der Waals surface area (Å²) >= 11 is 0. The van der Waals surface area contributed by atoms with Crippen LogP contribution >= 0.6 is 0 Å². The van der Waals surface area contributed by atoms with Crippen molar-refractivity contribution >= 4 is 18.0 Å². The Morgan fingerprint density at radius 2 is 1.56 bits per heavy atom. The van der Waals surface area contributed by atoms with Gasteiger partial charge in [-0.25, -0.2) is 0 Å². The third-order valence-corrected chi connectivity index (χ3v) is 6.13. The normalized spacial score (nSPS) is 18.5. The Balaban J connectivity index is 1.41. The first-order valence-corrected chi connectivity index (χ1v) is 11.5. The Kier molecular flexibility index (Phi) is 7.55. The number of likely N-dealkylation sites (tertiary alicyclic amines) is 1. The van der Waals surface area contributed by atoms with Crippen LogP contribution in [-0.2, 0) is 9.53 Å². The molecule has 1 aliphatic heterocycles. The minimum absolute atomic E-state index is 0.130. The number of ether oxygens (including phenoxy) is 1. The lowest BCUT2D eigenvalue weighted by Crippen LogP contribution is -2.38. The zero-order valence-electron chi connectivity index (χ0n) is 19.6. The fourth-order valence-corrected chi connectivity index (χ4v) is 4.48. The van der Waals surface area contributed by atoms with Crippen LogP contribution in [0.2, 0.25) is 0 Å². The van der Waals surface area contributed by atoms with Crippen LogP contribution in [0.4, 0.5) is 0 Å². The Morgan fingerprint density at radius 1 is 0.941 bits per heavy atom. The molecule has 0 unspecified atom stereocenters. The van der Waals surface area contributed by atoms with Gasteiger partial charge in [0.25, 0.3) is 5.91 Å². The molecule has 0 aliphatic carbocycles. The second kappa shape index (κ2) is 10.9. The van der Waals surface area contributed by atoms with Crippen molar-refractivity contribution in [2.24, 2.45) is 0 Å². The Bertz CT molecular complexity index is 1140. The Labute approximate surface area is 201 Å². The highest BCUT2D eigenvalue weighted by molar-refractivity contribution is 5.95. The van der Waals surface area contributed by atoms with Crippen LogP contribution in [-0.4, -0.2) is 49.1 Å². The quantitative estimate of drug-likeness (QED) is 0.521. The maximum atomic E-state index is 12.9. The molecule has 5 nitrogen and oxygen atoms in total. The fraction of sp³-hybridized carbons (Fsp3) is 0.241. The van der Waals surface area contributed by atoms with Crippen LogP contribution in [0.1, 0.15) is 29.3 Å². The van der Waals surface area contributed by atoms with Crippen LogP contribution in [0.5, 0.6) is 0 Å². The molecule has 3 aromatic rings. The standard InChI is InChI=1S/C29H30N2O3/c1-21(17-22-9-5-3-6-10-22)19-31-20-26(18-27(31)29(33)34-2)30-28(32)25-15-13-24(14-16-25)23-11-7-4-8-12-23/h3-17,26-27H,18-20H2,1-2H3,(H,30,32)/t26-,27+/m1/s1. The van der Waals surface area contributed by atoms with Crippen molar-refractivity contribution in [1.29, 1.82) is 0 Å². The number of esters is 1. The molecule has 34 heavy (non-hydrogen) atoms. The van der Waals surface area contributed by atoms with E-state index < -0.39 is 0 Å². The summed E-state index contributed by atoms with van der Waals surface area (Å²) in [6, 6.07) is 27.3. The maximum absolute atomic E-state index is 12.9. The van der Waals surface area contributed by atoms with Crippen molar-refractivity contribution in [2.45, 2.75) is 25.4 Å². The van der Waals surface area contributed by atoms with E-state index in [4.69, 9.17) is 4.74 Å². The van der Waals surface area contributed by atoms with E-state index in [0.29, 0.717) is 25.1 Å². The molecule has 5 heteroatoms. The number of nitrogens with one attached hydrogen (secondary N) is 1. The molecule has 174 valence electrons. The predicted molar refractivity (Wildman–Crippen MR) is 135 cm³/mol. The molecule has 0 aromatic heterocycles. The van der Waals surface area contributed by atoms with Gasteiger partial charge in [0.2, 0.25) is 0 Å². The zero-order chi connectivity index (χ0) is 23.9. The molecule has 0 radical (unpaired) electrons. The van der Waals surface area contributed by atoms with Crippen molar-refractivity contribution in [3.05, 3.63) is 102 Å². The molecule has 1 N–H and O–H groups in total. The van der Waals surface area contributed by atoms with Crippen LogP contribution in [0.15, 0.2) is 90.5 Å². The lowest BCUT2D eigenvalue weighted by atomic mass is 10.0. The van der Waals surface area contributed by atoms with E-state index in [1.54, 1.807) is 0 Å². The first-order valence-electron chi connectivity index (χ1n) is 11.5. The Morgan fingerprint density at radius 3 is 2.21 bits per heavy atom. The highest BCUT2D eigenvalue weighted by atomic mass is 16.5. The minimum atomic E-state index is -0.380. The monoisotopic (exact) mass is 454 g/mol. The number of hydrogen-bond acceptors (Lipinski definition) is 4. The number of carbonyl (C=O) groups excluding carboxylic acids is 2. The molecule has 0 bridgehead atoms. The number of carbonyl (C=O) groups is 2. The van der Waals surface area contributed by atoms with Crippen LogP contribution < -0.4 is 5.32 Å². The molecule has 4 rings (SSSR count). The molecule has 0 spiro atoms. The summed E-state index contributed by atoms with van der Waals surface area (Å²) in [4.78, 5) is 27.4. The van der Waals surface area contributed by atoms with E-state index >= 15 is 0 Å². The van der Waals surface area contributed by atoms with Gasteiger partial charge >= 0.3 is 5.97 Å². The van der Waals surface area contributed by atoms with E-state index in [1.165, 1.54) is 7.11 Å². The van der Waals surface area contributed by atoms with E-state index in [2.05, 4.69) is 35.3 Å². The SMILES string of the molecule is COC(=O)[C@@H]1C[C@@H](NC(=O)c2ccc(-c3ccccc3)cc2)CN1CC(C)=Cc1ccccc1. The second-order valence-corrected chi connectivity index (χ2v) is 8.72. The van der Waals surface area contributed by atoms with Gasteiger partial charge in [-0.15, -0.1) is 0 Å². The average Bonchev–Trinajstić information content (AvgIpc) is 3.26. The van der Waals surface area contributed by atoms with Gasteiger partial charge in [0.15, 0.2) is 0 Å². The average molecular weight is 455 g/mol. The molecule has 3 aromatic carbocycles. The largest absolute Gasteiger partial charge is 0.468 e. The van der Waals surface area contributed by atoms with E-state index in [1.807, 2.05) is 72.8 Å². The van der Waals surface area contributed by atoms with Gasteiger partial charge in [0, 0.05) is 24.7 Å². The Hall–Kier alpha value is -3.70. The summed E-state index contributed by atoms with van der Waals surface area (Å²) in [6.07, 6.45) is 2.65. The molecule has 2 atom stereocenters. The summed E-state index contributed by atoms with van der Waals surface area (Å²) in [5.41, 5.74) is 5.05. The van der Waals surface area contributed by atoms with Gasteiger partial charge in [0.1, 0.15) is 6.04 Å². The topological polar surface area (TPSA) is 58.6 Å². The van der Waals surface area contributed by atoms with Crippen LogP contribution in [0.3, 0.4) is 0 Å². The van der Waals surface area contributed by atoms with Gasteiger partial charge < -0.3 is 10.1 Å². The molecule has 1 fully saturated rings. The third-order valence-electron chi connectivity index (χ3n) is 6.13. The summed E-state index contributed by atoms with van der Waals surface area (Å²) < 4.78 is 5.04. The van der Waals surface area contributed by atoms with Crippen LogP contribution in [0, 0.1) is 0 Å². The number of benzene rings is 3. The maximum Gasteiger partial charge on any atom is 0.323 e. The second-order valence-electron chi connectivity index (χ2n) is 8.72. The molecular weight excluding hydrogens is 424 g/mol. The number of nitrogens with zero attached hydrogens (tertiary/aromatic N) is 1. The van der Waals surface area contributed by atoms with E-state index in [-0.39, 0.29) is 24.0 Å². The highest BCUT2D eigenvalue weighted by Gasteiger charge is 2.38. The van der Waals surface area contributed by atoms with Gasteiger partial charge in [-0.3, -0.25) is 14.5 Å². The number of amides is 1. The van der Waals surface area contributed by atoms with Crippen molar-refractivity contribution in [3.8, 4) is 11.1 Å².